The van der Waals surface area contributed by atoms with E-state index < -0.39 is 12.1 Å². The summed E-state index contributed by atoms with van der Waals surface area (Å²) in [6.45, 7) is 0.594. The van der Waals surface area contributed by atoms with E-state index in [1.54, 1.807) is 12.1 Å². The maximum atomic E-state index is 12.4. The lowest BCUT2D eigenvalue weighted by atomic mass is 9.79. The second-order valence-electron chi connectivity index (χ2n) is 9.06. The van der Waals surface area contributed by atoms with Gasteiger partial charge in [0.1, 0.15) is 6.61 Å². The minimum Gasteiger partial charge on any atom is -0.478 e. The van der Waals surface area contributed by atoms with Crippen molar-refractivity contribution < 1.29 is 24.2 Å². The maximum Gasteiger partial charge on any atom is 0.407 e. The Bertz CT molecular complexity index is 1220. The average Bonchev–Trinajstić information content (AvgIpc) is 3.17. The van der Waals surface area contributed by atoms with Crippen LogP contribution in [0, 0.1) is 5.92 Å². The van der Waals surface area contributed by atoms with Crippen molar-refractivity contribution in [2.45, 2.75) is 31.3 Å². The minimum atomic E-state index is -0.981. The van der Waals surface area contributed by atoms with Crippen molar-refractivity contribution in [2.24, 2.45) is 5.92 Å². The topological polar surface area (TPSA) is 105 Å². The van der Waals surface area contributed by atoms with Crippen LogP contribution in [0.15, 0.2) is 72.8 Å². The Kier molecular flexibility index (Phi) is 6.23. The lowest BCUT2D eigenvalue weighted by Gasteiger charge is -2.34. The molecule has 2 aliphatic rings. The molecule has 0 atom stereocenters. The van der Waals surface area contributed by atoms with E-state index in [9.17, 15) is 14.4 Å². The summed E-state index contributed by atoms with van der Waals surface area (Å²) in [5.41, 5.74) is 5.74. The number of carbonyl (C=O) groups is 3. The Morgan fingerprint density at radius 1 is 0.857 bits per heavy atom. The van der Waals surface area contributed by atoms with Gasteiger partial charge >= 0.3 is 12.1 Å². The van der Waals surface area contributed by atoms with Crippen molar-refractivity contribution >= 4 is 18.0 Å². The number of fused-ring (bicyclic) bond motifs is 3. The third-order valence-electron chi connectivity index (χ3n) is 6.84. The van der Waals surface area contributed by atoms with Gasteiger partial charge in [0.25, 0.3) is 0 Å². The normalized spacial score (nSPS) is 18.1. The van der Waals surface area contributed by atoms with Crippen molar-refractivity contribution in [3.63, 3.8) is 0 Å². The van der Waals surface area contributed by atoms with E-state index >= 15 is 0 Å². The monoisotopic (exact) mass is 470 g/mol. The van der Waals surface area contributed by atoms with Crippen LogP contribution in [0.25, 0.3) is 11.1 Å². The molecule has 0 unspecified atom stereocenters. The number of amides is 2. The molecular weight excluding hydrogens is 444 g/mol. The summed E-state index contributed by atoms with van der Waals surface area (Å²) in [4.78, 5) is 35.7. The highest BCUT2D eigenvalue weighted by molar-refractivity contribution is 5.87. The minimum absolute atomic E-state index is 0.0117. The Hall–Kier alpha value is -4.13. The van der Waals surface area contributed by atoms with Crippen LogP contribution in [0.1, 0.15) is 45.8 Å². The quantitative estimate of drug-likeness (QED) is 0.477. The molecule has 178 valence electrons. The summed E-state index contributed by atoms with van der Waals surface area (Å²) < 4.78 is 5.58. The number of benzene rings is 3. The van der Waals surface area contributed by atoms with E-state index in [4.69, 9.17) is 9.84 Å². The van der Waals surface area contributed by atoms with E-state index in [0.717, 1.165) is 5.56 Å². The molecule has 3 aromatic rings. The second-order valence-corrected chi connectivity index (χ2v) is 9.06. The standard InChI is InChI=1S/C28H26N2O5/c31-26(29-15-17-9-11-18(12-10-17)27(32)33)19-13-20(14-19)30-28(34)35-16-25-23-7-3-1-5-21(23)22-6-2-4-8-24(22)25/h1-12,19-20,25H,13-16H2,(H,29,31)(H,30,34)(H,32,33). The lowest BCUT2D eigenvalue weighted by Crippen LogP contribution is -2.49. The zero-order chi connectivity index (χ0) is 24.4. The number of ether oxygens (including phenoxy) is 1. The summed E-state index contributed by atoms with van der Waals surface area (Å²) >= 11 is 0. The first-order valence-corrected chi connectivity index (χ1v) is 11.7. The van der Waals surface area contributed by atoms with Gasteiger partial charge < -0.3 is 20.5 Å². The van der Waals surface area contributed by atoms with Crippen molar-refractivity contribution in [2.75, 3.05) is 6.61 Å². The van der Waals surface area contributed by atoms with Crippen molar-refractivity contribution in [1.29, 1.82) is 0 Å². The van der Waals surface area contributed by atoms with Crippen LogP contribution in [0.5, 0.6) is 0 Å². The van der Waals surface area contributed by atoms with Gasteiger partial charge in [-0.25, -0.2) is 9.59 Å². The molecule has 7 heteroatoms. The van der Waals surface area contributed by atoms with Crippen LogP contribution in [-0.4, -0.2) is 35.7 Å². The van der Waals surface area contributed by atoms with E-state index in [2.05, 4.69) is 34.9 Å². The number of nitrogens with one attached hydrogen (secondary N) is 2. The van der Waals surface area contributed by atoms with Gasteiger partial charge in [0.2, 0.25) is 5.91 Å². The second kappa shape index (κ2) is 9.62. The van der Waals surface area contributed by atoms with Gasteiger partial charge in [-0.05, 0) is 52.8 Å². The first kappa shape index (κ1) is 22.7. The summed E-state index contributed by atoms with van der Waals surface area (Å²) in [6.07, 6.45) is 0.663. The molecule has 5 rings (SSSR count). The molecule has 0 bridgehead atoms. The number of aromatic carboxylic acids is 1. The number of hydrogen-bond acceptors (Lipinski definition) is 4. The summed E-state index contributed by atoms with van der Waals surface area (Å²) in [5, 5.41) is 14.7. The van der Waals surface area contributed by atoms with Crippen LogP contribution in [-0.2, 0) is 16.1 Å². The first-order valence-electron chi connectivity index (χ1n) is 11.7. The van der Waals surface area contributed by atoms with Crippen LogP contribution in [0.4, 0.5) is 4.79 Å². The predicted molar refractivity (Wildman–Crippen MR) is 130 cm³/mol. The number of alkyl carbamates (subject to hydrolysis) is 1. The van der Waals surface area contributed by atoms with Crippen LogP contribution in [0.3, 0.4) is 0 Å². The molecule has 7 nitrogen and oxygen atoms in total. The zero-order valence-electron chi connectivity index (χ0n) is 19.1. The lowest BCUT2D eigenvalue weighted by molar-refractivity contribution is -0.128. The Balaban J connectivity index is 1.06. The predicted octanol–water partition coefficient (Wildman–Crippen LogP) is 4.32. The number of carboxylic acids is 1. The maximum absolute atomic E-state index is 12.4. The molecule has 0 aromatic heterocycles. The third-order valence-corrected chi connectivity index (χ3v) is 6.84. The number of rotatable bonds is 7. The molecule has 3 aromatic carbocycles. The van der Waals surface area contributed by atoms with Gasteiger partial charge in [-0.1, -0.05) is 60.7 Å². The highest BCUT2D eigenvalue weighted by Crippen LogP contribution is 2.44. The van der Waals surface area contributed by atoms with Crippen molar-refractivity contribution in [3.05, 3.63) is 95.1 Å². The van der Waals surface area contributed by atoms with Gasteiger partial charge in [0.15, 0.2) is 0 Å². The van der Waals surface area contributed by atoms with E-state index in [-0.39, 0.29) is 36.0 Å². The highest BCUT2D eigenvalue weighted by atomic mass is 16.5. The van der Waals surface area contributed by atoms with Crippen LogP contribution < -0.4 is 10.6 Å². The number of carbonyl (C=O) groups excluding carboxylic acids is 2. The summed E-state index contributed by atoms with van der Waals surface area (Å²) in [7, 11) is 0. The molecule has 0 spiro atoms. The van der Waals surface area contributed by atoms with Gasteiger partial charge in [-0.15, -0.1) is 0 Å². The van der Waals surface area contributed by atoms with Crippen molar-refractivity contribution in [3.8, 4) is 11.1 Å². The summed E-state index contributed by atoms with van der Waals surface area (Å²) in [6, 6.07) is 22.7. The number of carboxylic acid groups (broad SMARTS) is 1. The number of hydrogen-bond donors (Lipinski definition) is 3. The first-order chi connectivity index (χ1) is 17.0. The van der Waals surface area contributed by atoms with Gasteiger partial charge in [0, 0.05) is 24.4 Å². The molecule has 0 aliphatic heterocycles. The fourth-order valence-corrected chi connectivity index (χ4v) is 4.86. The molecule has 3 N–H and O–H groups in total. The van der Waals surface area contributed by atoms with E-state index in [1.807, 2.05) is 24.3 Å². The molecule has 1 saturated carbocycles. The fraction of sp³-hybridized carbons (Fsp3) is 0.250. The van der Waals surface area contributed by atoms with Gasteiger partial charge in [-0.2, -0.15) is 0 Å². The van der Waals surface area contributed by atoms with E-state index in [1.165, 1.54) is 34.4 Å². The largest absolute Gasteiger partial charge is 0.478 e. The van der Waals surface area contributed by atoms with E-state index in [0.29, 0.717) is 19.4 Å². The zero-order valence-corrected chi connectivity index (χ0v) is 19.1. The average molecular weight is 471 g/mol. The van der Waals surface area contributed by atoms with Crippen LogP contribution >= 0.6 is 0 Å². The summed E-state index contributed by atoms with van der Waals surface area (Å²) in [5.74, 6) is -1.20. The fourth-order valence-electron chi connectivity index (χ4n) is 4.86. The Morgan fingerprint density at radius 3 is 2.06 bits per heavy atom. The van der Waals surface area contributed by atoms with Gasteiger partial charge in [0.05, 0.1) is 5.56 Å². The molecule has 0 saturated heterocycles. The van der Waals surface area contributed by atoms with Gasteiger partial charge in [-0.3, -0.25) is 4.79 Å². The third kappa shape index (κ3) is 4.75. The van der Waals surface area contributed by atoms with Crippen LogP contribution in [0.2, 0.25) is 0 Å². The molecule has 35 heavy (non-hydrogen) atoms. The molecule has 0 radical (unpaired) electrons. The smallest absolute Gasteiger partial charge is 0.407 e. The highest BCUT2D eigenvalue weighted by Gasteiger charge is 2.36. The Morgan fingerprint density at radius 2 is 1.46 bits per heavy atom. The molecule has 1 fully saturated rings. The molecule has 2 aliphatic carbocycles. The Labute approximate surface area is 203 Å². The van der Waals surface area contributed by atoms with Crippen molar-refractivity contribution in [1.82, 2.24) is 10.6 Å². The molecule has 2 amide bonds. The molecule has 0 heterocycles. The molecular formula is C28H26N2O5. The SMILES string of the molecule is O=C(NC1CC(C(=O)NCc2ccc(C(=O)O)cc2)C1)OCC1c2ccccc2-c2ccccc21.